The maximum absolute atomic E-state index is 10.8. The van der Waals surface area contributed by atoms with E-state index in [9.17, 15) is 4.79 Å². The highest BCUT2D eigenvalue weighted by atomic mass is 16.4. The fraction of sp³-hybridized carbons (Fsp3) is 0.714. The molecule has 2 atom stereocenters. The molecular formula is C7H11N5O3. The summed E-state index contributed by atoms with van der Waals surface area (Å²) in [7, 11) is 0. The van der Waals surface area contributed by atoms with E-state index in [1.54, 1.807) is 0 Å². The van der Waals surface area contributed by atoms with Gasteiger partial charge in [-0.05, 0) is 11.6 Å². The van der Waals surface area contributed by atoms with Crippen LogP contribution in [0.2, 0.25) is 0 Å². The van der Waals surface area contributed by atoms with Gasteiger partial charge >= 0.3 is 6.09 Å². The Morgan fingerprint density at radius 3 is 2.87 bits per heavy atom. The lowest BCUT2D eigenvalue weighted by molar-refractivity contribution is 0.118. The number of aliphatic hydroxyl groups is 1. The molecule has 1 aliphatic heterocycles. The van der Waals surface area contributed by atoms with E-state index in [0.717, 1.165) is 0 Å². The van der Waals surface area contributed by atoms with Crippen LogP contribution in [0.3, 0.4) is 0 Å². The Morgan fingerprint density at radius 1 is 1.60 bits per heavy atom. The predicted molar refractivity (Wildman–Crippen MR) is 47.1 cm³/mol. The summed E-state index contributed by atoms with van der Waals surface area (Å²) in [5.74, 6) is 0. The van der Waals surface area contributed by atoms with Crippen molar-refractivity contribution >= 4 is 6.09 Å². The van der Waals surface area contributed by atoms with Crippen molar-refractivity contribution in [3.05, 3.63) is 6.33 Å². The molecule has 0 spiro atoms. The predicted octanol–water partition coefficient (Wildman–Crippen LogP) is -1.04. The van der Waals surface area contributed by atoms with Crippen LogP contribution in [0, 0.1) is 0 Å². The Hall–Kier alpha value is -1.70. The molecule has 0 radical (unpaired) electrons. The summed E-state index contributed by atoms with van der Waals surface area (Å²) in [4.78, 5) is 13.4. The second-order valence-corrected chi connectivity index (χ2v) is 3.42. The van der Waals surface area contributed by atoms with E-state index in [0.29, 0.717) is 6.42 Å². The van der Waals surface area contributed by atoms with Gasteiger partial charge in [0.25, 0.3) is 0 Å². The van der Waals surface area contributed by atoms with Crippen LogP contribution in [0.5, 0.6) is 0 Å². The zero-order valence-electron chi connectivity index (χ0n) is 7.89. The molecule has 0 aliphatic carbocycles. The third kappa shape index (κ3) is 1.75. The van der Waals surface area contributed by atoms with E-state index in [-0.39, 0.29) is 25.2 Å². The minimum Gasteiger partial charge on any atom is -0.465 e. The second kappa shape index (κ2) is 3.81. The van der Waals surface area contributed by atoms with Crippen molar-refractivity contribution in [1.29, 1.82) is 0 Å². The van der Waals surface area contributed by atoms with Gasteiger partial charge in [0.15, 0.2) is 6.33 Å². The van der Waals surface area contributed by atoms with E-state index in [2.05, 4.69) is 15.4 Å². The van der Waals surface area contributed by atoms with Crippen molar-refractivity contribution in [3.8, 4) is 0 Å². The van der Waals surface area contributed by atoms with Gasteiger partial charge in [0, 0.05) is 6.54 Å². The lowest BCUT2D eigenvalue weighted by Gasteiger charge is -2.18. The average Bonchev–Trinajstić information content (AvgIpc) is 2.86. The topological polar surface area (TPSA) is 104 Å². The quantitative estimate of drug-likeness (QED) is 0.650. The van der Waals surface area contributed by atoms with Gasteiger partial charge in [-0.2, -0.15) is 4.80 Å². The largest absolute Gasteiger partial charge is 0.465 e. The molecule has 2 heterocycles. The van der Waals surface area contributed by atoms with Crippen LogP contribution in [-0.2, 0) is 0 Å². The lowest BCUT2D eigenvalue weighted by Crippen LogP contribution is -2.36. The summed E-state index contributed by atoms with van der Waals surface area (Å²) in [6.07, 6.45) is 0.785. The number of aromatic nitrogens is 4. The van der Waals surface area contributed by atoms with Crippen molar-refractivity contribution < 1.29 is 15.0 Å². The van der Waals surface area contributed by atoms with E-state index in [1.807, 2.05) is 0 Å². The van der Waals surface area contributed by atoms with Crippen molar-refractivity contribution in [1.82, 2.24) is 25.1 Å². The molecule has 82 valence electrons. The van der Waals surface area contributed by atoms with Crippen LogP contribution in [0.1, 0.15) is 12.5 Å². The highest BCUT2D eigenvalue weighted by molar-refractivity contribution is 5.66. The van der Waals surface area contributed by atoms with Crippen molar-refractivity contribution in [2.45, 2.75) is 18.5 Å². The van der Waals surface area contributed by atoms with Crippen molar-refractivity contribution in [2.75, 3.05) is 13.2 Å². The van der Waals surface area contributed by atoms with Gasteiger partial charge in [-0.15, -0.1) is 10.2 Å². The van der Waals surface area contributed by atoms with Crippen molar-refractivity contribution in [2.24, 2.45) is 0 Å². The Morgan fingerprint density at radius 2 is 2.40 bits per heavy atom. The van der Waals surface area contributed by atoms with E-state index >= 15 is 0 Å². The summed E-state index contributed by atoms with van der Waals surface area (Å²) in [6, 6.07) is -0.515. The molecule has 0 bridgehead atoms. The third-order valence-electron chi connectivity index (χ3n) is 2.54. The van der Waals surface area contributed by atoms with Crippen LogP contribution in [0.15, 0.2) is 6.33 Å². The molecule has 2 rings (SSSR count). The summed E-state index contributed by atoms with van der Waals surface area (Å²) in [6.45, 7) is 0.106. The second-order valence-electron chi connectivity index (χ2n) is 3.42. The fourth-order valence-corrected chi connectivity index (χ4v) is 1.81. The monoisotopic (exact) mass is 213 g/mol. The van der Waals surface area contributed by atoms with Gasteiger partial charge < -0.3 is 15.1 Å². The number of tetrazole rings is 1. The molecule has 1 aromatic heterocycles. The first-order chi connectivity index (χ1) is 7.22. The van der Waals surface area contributed by atoms with Gasteiger partial charge in [0.1, 0.15) is 0 Å². The number of hydrogen-bond donors (Lipinski definition) is 2. The first kappa shape index (κ1) is 9.84. The molecular weight excluding hydrogens is 202 g/mol. The molecule has 2 unspecified atom stereocenters. The lowest BCUT2D eigenvalue weighted by atomic mass is 10.2. The highest BCUT2D eigenvalue weighted by Gasteiger charge is 2.36. The minimum atomic E-state index is -1.03. The van der Waals surface area contributed by atoms with Gasteiger partial charge in [0.05, 0.1) is 18.7 Å². The molecule has 1 aliphatic rings. The Balaban J connectivity index is 2.11. The maximum atomic E-state index is 10.8. The standard InChI is InChI=1S/C7H11N5O3/c13-3-6-1-5(2-11(6)7(14)15)12-9-4-8-10-12/h4-6,13H,1-3H2,(H,14,15). The number of amides is 1. The zero-order valence-corrected chi connectivity index (χ0v) is 7.89. The SMILES string of the molecule is O=C(O)N1CC(n2ncnn2)CC1CO. The smallest absolute Gasteiger partial charge is 0.407 e. The first-order valence-corrected chi connectivity index (χ1v) is 4.55. The molecule has 1 fully saturated rings. The molecule has 8 nitrogen and oxygen atoms in total. The van der Waals surface area contributed by atoms with Crippen molar-refractivity contribution in [3.63, 3.8) is 0 Å². The van der Waals surface area contributed by atoms with Gasteiger partial charge in [-0.3, -0.25) is 0 Å². The Labute approximate surface area is 85.1 Å². The number of carbonyl (C=O) groups is 1. The number of hydrogen-bond acceptors (Lipinski definition) is 5. The van der Waals surface area contributed by atoms with Gasteiger partial charge in [0.2, 0.25) is 0 Å². The van der Waals surface area contributed by atoms with Crippen LogP contribution in [-0.4, -0.2) is 60.6 Å². The molecule has 15 heavy (non-hydrogen) atoms. The number of nitrogens with zero attached hydrogens (tertiary/aromatic N) is 5. The fourth-order valence-electron chi connectivity index (χ4n) is 1.81. The van der Waals surface area contributed by atoms with Crippen LogP contribution >= 0.6 is 0 Å². The summed E-state index contributed by atoms with van der Waals surface area (Å²) >= 11 is 0. The van der Waals surface area contributed by atoms with Crippen LogP contribution in [0.4, 0.5) is 4.79 Å². The van der Waals surface area contributed by atoms with E-state index in [1.165, 1.54) is 16.0 Å². The Bertz CT molecular complexity index is 340. The third-order valence-corrected chi connectivity index (χ3v) is 2.54. The molecule has 0 aromatic carbocycles. The molecule has 0 saturated carbocycles. The molecule has 1 aromatic rings. The Kier molecular flexibility index (Phi) is 2.50. The molecule has 2 N–H and O–H groups in total. The van der Waals surface area contributed by atoms with Crippen LogP contribution in [0.25, 0.3) is 0 Å². The minimum absolute atomic E-state index is 0.138. The number of aliphatic hydroxyl groups excluding tert-OH is 1. The summed E-state index contributed by atoms with van der Waals surface area (Å²) in [5, 5.41) is 29.0. The number of carboxylic acid groups (broad SMARTS) is 1. The van der Waals surface area contributed by atoms with E-state index < -0.39 is 6.09 Å². The molecule has 8 heteroatoms. The normalized spacial score (nSPS) is 25.8. The highest BCUT2D eigenvalue weighted by Crippen LogP contribution is 2.25. The molecule has 1 amide bonds. The van der Waals surface area contributed by atoms with E-state index in [4.69, 9.17) is 10.2 Å². The zero-order chi connectivity index (χ0) is 10.8. The van der Waals surface area contributed by atoms with Gasteiger partial charge in [-0.25, -0.2) is 4.79 Å². The van der Waals surface area contributed by atoms with Gasteiger partial charge in [-0.1, -0.05) is 0 Å². The van der Waals surface area contributed by atoms with Crippen LogP contribution < -0.4 is 0 Å². The summed E-state index contributed by atoms with van der Waals surface area (Å²) < 4.78 is 0. The molecule has 1 saturated heterocycles. The number of likely N-dealkylation sites (tertiary alicyclic amines) is 1. The average molecular weight is 213 g/mol. The summed E-state index contributed by atoms with van der Waals surface area (Å²) in [5.41, 5.74) is 0. The number of rotatable bonds is 2. The maximum Gasteiger partial charge on any atom is 0.407 e. The first-order valence-electron chi connectivity index (χ1n) is 4.55.